The summed E-state index contributed by atoms with van der Waals surface area (Å²) in [5, 5.41) is 0. The Kier molecular flexibility index (Phi) is 5.90. The fourth-order valence-electron chi connectivity index (χ4n) is 2.24. The van der Waals surface area contributed by atoms with Crippen LogP contribution in [0.4, 0.5) is 0 Å². The summed E-state index contributed by atoms with van der Waals surface area (Å²) in [6, 6.07) is 7.50. The molecule has 0 N–H and O–H groups in total. The van der Waals surface area contributed by atoms with Gasteiger partial charge in [0.1, 0.15) is 12.2 Å². The summed E-state index contributed by atoms with van der Waals surface area (Å²) in [6.45, 7) is 3.30. The van der Waals surface area contributed by atoms with Gasteiger partial charge in [-0.05, 0) is 18.9 Å². The molecule has 1 aromatic carbocycles. The number of esters is 1. The molecular weight excluding hydrogens is 272 g/mol. The van der Waals surface area contributed by atoms with Crippen LogP contribution in [-0.4, -0.2) is 31.6 Å². The first kappa shape index (κ1) is 15.7. The summed E-state index contributed by atoms with van der Waals surface area (Å²) < 4.78 is 15.9. The highest BCUT2D eigenvalue weighted by molar-refractivity contribution is 5.96. The van der Waals surface area contributed by atoms with E-state index in [9.17, 15) is 9.59 Å². The van der Waals surface area contributed by atoms with Crippen molar-refractivity contribution in [2.45, 2.75) is 32.5 Å². The van der Waals surface area contributed by atoms with E-state index in [1.165, 1.54) is 0 Å². The van der Waals surface area contributed by atoms with Crippen LogP contribution in [0.25, 0.3) is 0 Å². The van der Waals surface area contributed by atoms with E-state index in [0.29, 0.717) is 13.2 Å². The molecule has 0 saturated carbocycles. The van der Waals surface area contributed by atoms with E-state index in [4.69, 9.17) is 14.2 Å². The first-order chi connectivity index (χ1) is 10.2. The number of hydrogen-bond acceptors (Lipinski definition) is 5. The lowest BCUT2D eigenvalue weighted by atomic mass is 10.0. The molecule has 0 unspecified atom stereocenters. The van der Waals surface area contributed by atoms with E-state index < -0.39 is 12.3 Å². The van der Waals surface area contributed by atoms with Gasteiger partial charge in [0.05, 0.1) is 19.8 Å². The average molecular weight is 292 g/mol. The number of Topliss-reactive ketones (excluding diaryl/α,β-unsaturated/α-hetero) is 1. The van der Waals surface area contributed by atoms with Gasteiger partial charge in [-0.1, -0.05) is 24.3 Å². The number of carbonyl (C=O) groups excluding carboxylic acids is 2. The maximum absolute atomic E-state index is 12.0. The van der Waals surface area contributed by atoms with Gasteiger partial charge in [0.15, 0.2) is 6.29 Å². The lowest BCUT2D eigenvalue weighted by Crippen LogP contribution is -2.20. The van der Waals surface area contributed by atoms with Gasteiger partial charge < -0.3 is 14.2 Å². The van der Waals surface area contributed by atoms with Gasteiger partial charge in [0.25, 0.3) is 0 Å². The SMILES string of the molecule is CCOC(=O)CC(=O)Cc1ccccc1C1OCCCO1. The van der Waals surface area contributed by atoms with Crippen molar-refractivity contribution in [2.24, 2.45) is 0 Å². The largest absolute Gasteiger partial charge is 0.466 e. The lowest BCUT2D eigenvalue weighted by molar-refractivity contribution is -0.183. The second-order valence-corrected chi connectivity index (χ2v) is 4.82. The van der Waals surface area contributed by atoms with E-state index in [2.05, 4.69) is 0 Å². The van der Waals surface area contributed by atoms with Gasteiger partial charge in [0.2, 0.25) is 0 Å². The predicted octanol–water partition coefficient (Wildman–Crippen LogP) is 2.19. The van der Waals surface area contributed by atoms with Crippen molar-refractivity contribution >= 4 is 11.8 Å². The van der Waals surface area contributed by atoms with E-state index in [0.717, 1.165) is 17.5 Å². The van der Waals surface area contributed by atoms with Crippen LogP contribution in [0.5, 0.6) is 0 Å². The Hall–Kier alpha value is -1.72. The van der Waals surface area contributed by atoms with Crippen molar-refractivity contribution in [3.63, 3.8) is 0 Å². The highest BCUT2D eigenvalue weighted by Gasteiger charge is 2.21. The van der Waals surface area contributed by atoms with Crippen LogP contribution in [0.2, 0.25) is 0 Å². The molecule has 5 nitrogen and oxygen atoms in total. The molecule has 1 saturated heterocycles. The maximum atomic E-state index is 12.0. The third-order valence-corrected chi connectivity index (χ3v) is 3.17. The van der Waals surface area contributed by atoms with Crippen molar-refractivity contribution in [1.29, 1.82) is 0 Å². The smallest absolute Gasteiger partial charge is 0.313 e. The molecule has 0 aliphatic carbocycles. The summed E-state index contributed by atoms with van der Waals surface area (Å²) >= 11 is 0. The second kappa shape index (κ2) is 7.90. The van der Waals surface area contributed by atoms with Crippen LogP contribution >= 0.6 is 0 Å². The average Bonchev–Trinajstić information content (AvgIpc) is 2.48. The number of hydrogen-bond donors (Lipinski definition) is 0. The zero-order chi connectivity index (χ0) is 15.1. The summed E-state index contributed by atoms with van der Waals surface area (Å²) in [5.74, 6) is -0.651. The van der Waals surface area contributed by atoms with Crippen molar-refractivity contribution < 1.29 is 23.8 Å². The summed E-state index contributed by atoms with van der Waals surface area (Å²) in [4.78, 5) is 23.3. The number of rotatable bonds is 6. The molecule has 1 aromatic rings. The number of benzene rings is 1. The van der Waals surface area contributed by atoms with E-state index in [-0.39, 0.29) is 25.2 Å². The van der Waals surface area contributed by atoms with Gasteiger partial charge in [-0.3, -0.25) is 9.59 Å². The van der Waals surface area contributed by atoms with Crippen LogP contribution in [0.15, 0.2) is 24.3 Å². The lowest BCUT2D eigenvalue weighted by Gasteiger charge is -2.25. The Balaban J connectivity index is 2.02. The van der Waals surface area contributed by atoms with Crippen LogP contribution in [0.3, 0.4) is 0 Å². The molecular formula is C16H20O5. The quantitative estimate of drug-likeness (QED) is 0.594. The molecule has 0 atom stereocenters. The van der Waals surface area contributed by atoms with Crippen LogP contribution in [0, 0.1) is 0 Å². The number of ketones is 1. The molecule has 1 heterocycles. The number of carbonyl (C=O) groups is 2. The van der Waals surface area contributed by atoms with Gasteiger partial charge in [-0.2, -0.15) is 0 Å². The first-order valence-corrected chi connectivity index (χ1v) is 7.19. The predicted molar refractivity (Wildman–Crippen MR) is 75.7 cm³/mol. The normalized spacial score (nSPS) is 15.7. The molecule has 1 aliphatic rings. The Morgan fingerprint density at radius 2 is 1.95 bits per heavy atom. The fourth-order valence-corrected chi connectivity index (χ4v) is 2.24. The van der Waals surface area contributed by atoms with Gasteiger partial charge in [-0.15, -0.1) is 0 Å². The van der Waals surface area contributed by atoms with E-state index >= 15 is 0 Å². The first-order valence-electron chi connectivity index (χ1n) is 7.19. The van der Waals surface area contributed by atoms with E-state index in [1.54, 1.807) is 6.92 Å². The molecule has 114 valence electrons. The monoisotopic (exact) mass is 292 g/mol. The minimum absolute atomic E-state index is 0.170. The maximum Gasteiger partial charge on any atom is 0.313 e. The molecule has 0 spiro atoms. The zero-order valence-electron chi connectivity index (χ0n) is 12.2. The fraction of sp³-hybridized carbons (Fsp3) is 0.500. The Morgan fingerprint density at radius 1 is 1.24 bits per heavy atom. The minimum Gasteiger partial charge on any atom is -0.466 e. The Morgan fingerprint density at radius 3 is 2.67 bits per heavy atom. The van der Waals surface area contributed by atoms with Crippen molar-refractivity contribution in [2.75, 3.05) is 19.8 Å². The molecule has 0 bridgehead atoms. The van der Waals surface area contributed by atoms with Crippen molar-refractivity contribution in [3.05, 3.63) is 35.4 Å². The summed E-state index contributed by atoms with van der Waals surface area (Å²) in [6.07, 6.45) is 0.429. The Bertz CT molecular complexity index is 491. The number of ether oxygens (including phenoxy) is 3. The van der Waals surface area contributed by atoms with Crippen molar-refractivity contribution in [3.8, 4) is 0 Å². The molecule has 21 heavy (non-hydrogen) atoms. The van der Waals surface area contributed by atoms with Crippen LogP contribution < -0.4 is 0 Å². The third-order valence-electron chi connectivity index (χ3n) is 3.17. The minimum atomic E-state index is -0.481. The third kappa shape index (κ3) is 4.65. The van der Waals surface area contributed by atoms with Gasteiger partial charge in [-0.25, -0.2) is 0 Å². The molecule has 0 amide bonds. The van der Waals surface area contributed by atoms with Gasteiger partial charge >= 0.3 is 5.97 Å². The van der Waals surface area contributed by atoms with Crippen molar-refractivity contribution in [1.82, 2.24) is 0 Å². The van der Waals surface area contributed by atoms with Crippen LogP contribution in [-0.2, 0) is 30.2 Å². The molecule has 5 heteroatoms. The standard InChI is InChI=1S/C16H20O5/c1-2-19-15(18)11-13(17)10-12-6-3-4-7-14(12)16-20-8-5-9-21-16/h3-4,6-7,16H,2,5,8-11H2,1H3. The molecule has 0 radical (unpaired) electrons. The van der Waals surface area contributed by atoms with Crippen LogP contribution in [0.1, 0.15) is 37.2 Å². The van der Waals surface area contributed by atoms with Gasteiger partial charge in [0, 0.05) is 12.0 Å². The topological polar surface area (TPSA) is 61.8 Å². The molecule has 2 rings (SSSR count). The Labute approximate surface area is 124 Å². The second-order valence-electron chi connectivity index (χ2n) is 4.82. The molecule has 1 fully saturated rings. The summed E-state index contributed by atoms with van der Waals surface area (Å²) in [7, 11) is 0. The summed E-state index contributed by atoms with van der Waals surface area (Å²) in [5.41, 5.74) is 1.69. The van der Waals surface area contributed by atoms with E-state index in [1.807, 2.05) is 24.3 Å². The highest BCUT2D eigenvalue weighted by atomic mass is 16.7. The zero-order valence-corrected chi connectivity index (χ0v) is 12.2. The molecule has 1 aliphatic heterocycles. The molecule has 0 aromatic heterocycles. The highest BCUT2D eigenvalue weighted by Crippen LogP contribution is 2.26.